The number of carboxylic acid groups (broad SMARTS) is 1. The van der Waals surface area contributed by atoms with Crippen LogP contribution in [-0.2, 0) is 7.05 Å². The van der Waals surface area contributed by atoms with Gasteiger partial charge in [0.2, 0.25) is 0 Å². The van der Waals surface area contributed by atoms with Crippen LogP contribution in [-0.4, -0.2) is 15.6 Å². The third-order valence-corrected chi connectivity index (χ3v) is 3.38. The van der Waals surface area contributed by atoms with Crippen LogP contribution in [0, 0.1) is 13.8 Å². The van der Waals surface area contributed by atoms with Gasteiger partial charge in [0.05, 0.1) is 5.56 Å². The first-order chi connectivity index (χ1) is 8.93. The number of pyridine rings is 1. The second-order valence-electron chi connectivity index (χ2n) is 4.56. The second kappa shape index (κ2) is 4.72. The fraction of sp³-hybridized carbons (Fsp3) is 0.200. The molecule has 98 valence electrons. The Morgan fingerprint density at radius 2 is 1.74 bits per heavy atom. The highest BCUT2D eigenvalue weighted by Gasteiger charge is 2.15. The summed E-state index contributed by atoms with van der Waals surface area (Å²) in [6.45, 7) is 3.59. The molecule has 0 aliphatic rings. The molecule has 1 N–H and O–H groups in total. The molecule has 0 unspecified atom stereocenters. The van der Waals surface area contributed by atoms with Gasteiger partial charge in [-0.05, 0) is 31.0 Å². The summed E-state index contributed by atoms with van der Waals surface area (Å²) in [5.41, 5.74) is 3.04. The van der Waals surface area contributed by atoms with E-state index in [-0.39, 0.29) is 11.1 Å². The van der Waals surface area contributed by atoms with Crippen molar-refractivity contribution in [3.8, 4) is 11.1 Å². The van der Waals surface area contributed by atoms with Crippen LogP contribution in [0.25, 0.3) is 11.1 Å². The molecule has 0 saturated carbocycles. The number of aryl methyl sites for hydroxylation is 1. The van der Waals surface area contributed by atoms with E-state index < -0.39 is 5.97 Å². The normalized spacial score (nSPS) is 10.5. The molecular formula is C15H15NO3. The van der Waals surface area contributed by atoms with Gasteiger partial charge in [-0.1, -0.05) is 18.2 Å². The molecule has 4 nitrogen and oxygen atoms in total. The molecule has 0 aliphatic heterocycles. The number of aromatic nitrogens is 1. The molecule has 0 spiro atoms. The third kappa shape index (κ3) is 2.17. The van der Waals surface area contributed by atoms with Crippen LogP contribution in [0.5, 0.6) is 0 Å². The zero-order valence-electron chi connectivity index (χ0n) is 11.1. The summed E-state index contributed by atoms with van der Waals surface area (Å²) in [4.78, 5) is 23.1. The Kier molecular flexibility index (Phi) is 3.25. The molecule has 1 aromatic carbocycles. The largest absolute Gasteiger partial charge is 0.478 e. The Balaban J connectivity index is 2.81. The van der Waals surface area contributed by atoms with Crippen LogP contribution in [0.4, 0.5) is 0 Å². The first-order valence-electron chi connectivity index (χ1n) is 5.93. The SMILES string of the molecule is Cc1c(-c2ccccc2C(=O)O)cn(C)c(=O)c1C. The fourth-order valence-electron chi connectivity index (χ4n) is 2.15. The van der Waals surface area contributed by atoms with Crippen LogP contribution in [0.15, 0.2) is 35.3 Å². The van der Waals surface area contributed by atoms with Gasteiger partial charge in [0, 0.05) is 24.4 Å². The number of carbonyl (C=O) groups is 1. The molecule has 2 rings (SSSR count). The molecule has 1 heterocycles. The van der Waals surface area contributed by atoms with Crippen molar-refractivity contribution in [2.45, 2.75) is 13.8 Å². The summed E-state index contributed by atoms with van der Waals surface area (Å²) in [5.74, 6) is -0.971. The van der Waals surface area contributed by atoms with E-state index in [2.05, 4.69) is 0 Å². The van der Waals surface area contributed by atoms with Crippen LogP contribution in [0.3, 0.4) is 0 Å². The van der Waals surface area contributed by atoms with E-state index in [0.717, 1.165) is 11.1 Å². The van der Waals surface area contributed by atoms with Crippen LogP contribution in [0.1, 0.15) is 21.5 Å². The molecule has 0 atom stereocenters. The number of rotatable bonds is 2. The first-order valence-corrected chi connectivity index (χ1v) is 5.93. The van der Waals surface area contributed by atoms with E-state index in [1.807, 2.05) is 6.92 Å². The zero-order chi connectivity index (χ0) is 14.2. The Morgan fingerprint density at radius 3 is 2.37 bits per heavy atom. The molecule has 19 heavy (non-hydrogen) atoms. The predicted molar refractivity (Wildman–Crippen MR) is 73.6 cm³/mol. The van der Waals surface area contributed by atoms with Crippen molar-refractivity contribution in [3.63, 3.8) is 0 Å². The van der Waals surface area contributed by atoms with Crippen molar-refractivity contribution in [3.05, 3.63) is 57.5 Å². The van der Waals surface area contributed by atoms with Crippen LogP contribution in [0.2, 0.25) is 0 Å². The van der Waals surface area contributed by atoms with E-state index >= 15 is 0 Å². The molecule has 0 bridgehead atoms. The van der Waals surface area contributed by atoms with Gasteiger partial charge in [0.15, 0.2) is 0 Å². The predicted octanol–water partition coefficient (Wildman–Crippen LogP) is 2.37. The standard InChI is InChI=1S/C15H15NO3/c1-9-10(2)14(17)16(3)8-13(9)11-6-4-5-7-12(11)15(18)19/h4-8H,1-3H3,(H,18,19). The molecule has 0 aliphatic carbocycles. The van der Waals surface area contributed by atoms with E-state index in [9.17, 15) is 14.7 Å². The summed E-state index contributed by atoms with van der Waals surface area (Å²) in [7, 11) is 1.67. The van der Waals surface area contributed by atoms with Crippen molar-refractivity contribution in [1.82, 2.24) is 4.57 Å². The summed E-state index contributed by atoms with van der Waals surface area (Å²) in [6, 6.07) is 6.81. The van der Waals surface area contributed by atoms with Gasteiger partial charge in [-0.3, -0.25) is 4.79 Å². The Labute approximate surface area is 110 Å². The van der Waals surface area contributed by atoms with Gasteiger partial charge < -0.3 is 9.67 Å². The van der Waals surface area contributed by atoms with Crippen LogP contribution < -0.4 is 5.56 Å². The molecule has 0 amide bonds. The first kappa shape index (κ1) is 13.1. The van der Waals surface area contributed by atoms with Crippen molar-refractivity contribution in [1.29, 1.82) is 0 Å². The van der Waals surface area contributed by atoms with E-state index in [0.29, 0.717) is 11.1 Å². The molecular weight excluding hydrogens is 242 g/mol. The Bertz CT molecular complexity index is 714. The quantitative estimate of drug-likeness (QED) is 0.898. The smallest absolute Gasteiger partial charge is 0.336 e. The summed E-state index contributed by atoms with van der Waals surface area (Å²) < 4.78 is 1.48. The molecule has 4 heteroatoms. The number of benzene rings is 1. The minimum atomic E-state index is -0.971. The van der Waals surface area contributed by atoms with Crippen molar-refractivity contribution in [2.24, 2.45) is 7.05 Å². The lowest BCUT2D eigenvalue weighted by Crippen LogP contribution is -2.20. The lowest BCUT2D eigenvalue weighted by atomic mass is 9.95. The molecule has 1 aromatic heterocycles. The van der Waals surface area contributed by atoms with Gasteiger partial charge in [0.1, 0.15) is 0 Å². The van der Waals surface area contributed by atoms with Gasteiger partial charge in [0.25, 0.3) is 5.56 Å². The monoisotopic (exact) mass is 257 g/mol. The Hall–Kier alpha value is -2.36. The Morgan fingerprint density at radius 1 is 1.11 bits per heavy atom. The van der Waals surface area contributed by atoms with Gasteiger partial charge in [-0.2, -0.15) is 0 Å². The second-order valence-corrected chi connectivity index (χ2v) is 4.56. The summed E-state index contributed by atoms with van der Waals surface area (Å²) >= 11 is 0. The zero-order valence-corrected chi connectivity index (χ0v) is 11.1. The maximum atomic E-state index is 11.8. The van der Waals surface area contributed by atoms with E-state index in [1.165, 1.54) is 4.57 Å². The maximum absolute atomic E-state index is 11.8. The van der Waals surface area contributed by atoms with E-state index in [1.54, 1.807) is 44.4 Å². The van der Waals surface area contributed by atoms with E-state index in [4.69, 9.17) is 0 Å². The minimum absolute atomic E-state index is 0.0611. The number of nitrogens with zero attached hydrogens (tertiary/aromatic N) is 1. The summed E-state index contributed by atoms with van der Waals surface area (Å²) in [5, 5.41) is 9.24. The van der Waals surface area contributed by atoms with Gasteiger partial charge >= 0.3 is 5.97 Å². The van der Waals surface area contributed by atoms with Gasteiger partial charge in [-0.25, -0.2) is 4.79 Å². The number of hydrogen-bond donors (Lipinski definition) is 1. The lowest BCUT2D eigenvalue weighted by molar-refractivity contribution is 0.0697. The topological polar surface area (TPSA) is 59.3 Å². The highest BCUT2D eigenvalue weighted by atomic mass is 16.4. The minimum Gasteiger partial charge on any atom is -0.478 e. The van der Waals surface area contributed by atoms with Crippen molar-refractivity contribution in [2.75, 3.05) is 0 Å². The number of carboxylic acids is 1. The van der Waals surface area contributed by atoms with Gasteiger partial charge in [-0.15, -0.1) is 0 Å². The van der Waals surface area contributed by atoms with Crippen LogP contribution >= 0.6 is 0 Å². The maximum Gasteiger partial charge on any atom is 0.336 e. The molecule has 0 radical (unpaired) electrons. The highest BCUT2D eigenvalue weighted by Crippen LogP contribution is 2.27. The summed E-state index contributed by atoms with van der Waals surface area (Å²) in [6.07, 6.45) is 1.69. The third-order valence-electron chi connectivity index (χ3n) is 3.38. The molecule has 2 aromatic rings. The average Bonchev–Trinajstić information content (AvgIpc) is 2.40. The van der Waals surface area contributed by atoms with Crippen molar-refractivity contribution >= 4 is 5.97 Å². The number of hydrogen-bond acceptors (Lipinski definition) is 2. The fourth-order valence-corrected chi connectivity index (χ4v) is 2.15. The lowest BCUT2D eigenvalue weighted by Gasteiger charge is -2.13. The number of aromatic carboxylic acids is 1. The molecule has 0 saturated heterocycles. The average molecular weight is 257 g/mol. The molecule has 0 fully saturated rings. The highest BCUT2D eigenvalue weighted by molar-refractivity contribution is 5.96. The van der Waals surface area contributed by atoms with Crippen molar-refractivity contribution < 1.29 is 9.90 Å².